The highest BCUT2D eigenvalue weighted by Crippen LogP contribution is 2.29. The molecule has 0 bridgehead atoms. The molecule has 1 aromatic heterocycles. The molecule has 7 heteroatoms. The largest absolute Gasteiger partial charge is 0.394 e. The molecular weight excluding hydrogens is 247 g/mol. The maximum atomic E-state index is 13.4. The van der Waals surface area contributed by atoms with Gasteiger partial charge in [0.2, 0.25) is 0 Å². The molecule has 0 aromatic carbocycles. The molecule has 2 unspecified atom stereocenters. The van der Waals surface area contributed by atoms with E-state index in [-0.39, 0.29) is 6.42 Å². The Morgan fingerprint density at radius 1 is 1.76 bits per heavy atom. The van der Waals surface area contributed by atoms with E-state index >= 15 is 0 Å². The normalized spacial score (nSPS) is 28.5. The molecule has 1 aromatic rings. The van der Waals surface area contributed by atoms with Crippen LogP contribution >= 0.6 is 12.2 Å². The summed E-state index contributed by atoms with van der Waals surface area (Å²) in [6, 6.07) is 0. The number of hydrogen-bond acceptors (Lipinski definition) is 4. The Hall–Kier alpha value is -1.05. The van der Waals surface area contributed by atoms with Gasteiger partial charge in [-0.05, 0) is 6.92 Å². The maximum absolute atomic E-state index is 13.4. The predicted molar refractivity (Wildman–Crippen MR) is 61.1 cm³/mol. The summed E-state index contributed by atoms with van der Waals surface area (Å²) in [5, 5.41) is 8.89. The number of aromatic nitrogens is 2. The zero-order valence-corrected chi connectivity index (χ0v) is 10.0. The van der Waals surface area contributed by atoms with Gasteiger partial charge >= 0.3 is 5.69 Å². The Morgan fingerprint density at radius 2 is 2.47 bits per heavy atom. The smallest absolute Gasteiger partial charge is 0.328 e. The topological polar surface area (TPSA) is 67.2 Å². The second-order valence-electron chi connectivity index (χ2n) is 4.04. The van der Waals surface area contributed by atoms with Crippen molar-refractivity contribution in [2.24, 2.45) is 0 Å². The summed E-state index contributed by atoms with van der Waals surface area (Å²) in [6.45, 7) is 1.36. The van der Waals surface area contributed by atoms with Crippen LogP contribution in [0.15, 0.2) is 11.0 Å². The number of nitrogens with zero attached hydrogens (tertiary/aromatic N) is 1. The molecule has 1 saturated heterocycles. The molecule has 0 amide bonds. The zero-order valence-electron chi connectivity index (χ0n) is 9.22. The van der Waals surface area contributed by atoms with Gasteiger partial charge in [-0.25, -0.2) is 9.18 Å². The van der Waals surface area contributed by atoms with Crippen molar-refractivity contribution in [1.29, 1.82) is 0 Å². The van der Waals surface area contributed by atoms with Crippen LogP contribution in [0, 0.1) is 11.6 Å². The monoisotopic (exact) mass is 260 g/mol. The Morgan fingerprint density at radius 3 is 3.06 bits per heavy atom. The van der Waals surface area contributed by atoms with Crippen LogP contribution in [-0.2, 0) is 4.74 Å². The third-order valence-corrected chi connectivity index (χ3v) is 3.22. The molecular formula is C10H13FN2O3S. The number of rotatable bonds is 2. The molecule has 0 saturated carbocycles. The SMILES string of the molecule is Cc1cn([C@H]2CC(F)C(CO)O2)c(=O)[nH]c1=S. The van der Waals surface area contributed by atoms with Crippen molar-refractivity contribution in [2.75, 3.05) is 6.61 Å². The van der Waals surface area contributed by atoms with E-state index in [1.165, 1.54) is 10.8 Å². The summed E-state index contributed by atoms with van der Waals surface area (Å²) in [5.74, 6) is 0. The number of hydrogen-bond donors (Lipinski definition) is 2. The third kappa shape index (κ3) is 2.31. The molecule has 3 atom stereocenters. The molecule has 0 radical (unpaired) electrons. The minimum atomic E-state index is -1.26. The minimum absolute atomic E-state index is 0.0508. The molecule has 0 spiro atoms. The van der Waals surface area contributed by atoms with Crippen LogP contribution in [0.1, 0.15) is 18.2 Å². The molecule has 1 aliphatic rings. The fraction of sp³-hybridized carbons (Fsp3) is 0.600. The van der Waals surface area contributed by atoms with E-state index in [9.17, 15) is 9.18 Å². The summed E-state index contributed by atoms with van der Waals surface area (Å²) >= 11 is 4.92. The van der Waals surface area contributed by atoms with Gasteiger partial charge in [0.15, 0.2) is 0 Å². The molecule has 5 nitrogen and oxygen atoms in total. The molecule has 0 aliphatic carbocycles. The van der Waals surface area contributed by atoms with Crippen molar-refractivity contribution in [3.63, 3.8) is 0 Å². The highest BCUT2D eigenvalue weighted by Gasteiger charge is 2.36. The number of aromatic amines is 1. The molecule has 94 valence electrons. The van der Waals surface area contributed by atoms with Gasteiger partial charge in [0.1, 0.15) is 23.1 Å². The lowest BCUT2D eigenvalue weighted by molar-refractivity contribution is -0.0356. The van der Waals surface area contributed by atoms with Crippen LogP contribution in [0.5, 0.6) is 0 Å². The van der Waals surface area contributed by atoms with Crippen LogP contribution in [0.3, 0.4) is 0 Å². The first kappa shape index (κ1) is 12.4. The van der Waals surface area contributed by atoms with Gasteiger partial charge in [0.25, 0.3) is 0 Å². The summed E-state index contributed by atoms with van der Waals surface area (Å²) in [5.41, 5.74) is 0.280. The van der Waals surface area contributed by atoms with Crippen molar-refractivity contribution in [2.45, 2.75) is 31.8 Å². The van der Waals surface area contributed by atoms with Gasteiger partial charge in [-0.15, -0.1) is 0 Å². The van der Waals surface area contributed by atoms with Crippen molar-refractivity contribution in [3.05, 3.63) is 26.9 Å². The van der Waals surface area contributed by atoms with E-state index in [1.54, 1.807) is 6.92 Å². The molecule has 17 heavy (non-hydrogen) atoms. The van der Waals surface area contributed by atoms with Gasteiger partial charge in [-0.1, -0.05) is 12.2 Å². The number of ether oxygens (including phenoxy) is 1. The fourth-order valence-electron chi connectivity index (χ4n) is 1.82. The second-order valence-corrected chi connectivity index (χ2v) is 4.45. The number of alkyl halides is 1. The van der Waals surface area contributed by atoms with E-state index in [1.807, 2.05) is 0 Å². The van der Waals surface area contributed by atoms with Crippen LogP contribution in [-0.4, -0.2) is 33.5 Å². The van der Waals surface area contributed by atoms with Crippen LogP contribution in [0.4, 0.5) is 4.39 Å². The number of aliphatic hydroxyl groups is 1. The number of nitrogens with one attached hydrogen (secondary N) is 1. The van der Waals surface area contributed by atoms with E-state index in [0.717, 1.165) is 0 Å². The quantitative estimate of drug-likeness (QED) is 0.773. The highest BCUT2D eigenvalue weighted by molar-refractivity contribution is 7.71. The molecule has 2 rings (SSSR count). The van der Waals surface area contributed by atoms with Crippen molar-refractivity contribution in [3.8, 4) is 0 Å². The van der Waals surface area contributed by atoms with Gasteiger partial charge < -0.3 is 9.84 Å². The number of halogens is 1. The summed E-state index contributed by atoms with van der Waals surface area (Å²) in [6.07, 6.45) is -1.23. The van der Waals surface area contributed by atoms with Crippen LogP contribution in [0.2, 0.25) is 0 Å². The first-order valence-electron chi connectivity index (χ1n) is 5.25. The summed E-state index contributed by atoms with van der Waals surface area (Å²) < 4.78 is 20.3. The Labute approximate surface area is 102 Å². The highest BCUT2D eigenvalue weighted by atomic mass is 32.1. The molecule has 1 fully saturated rings. The van der Waals surface area contributed by atoms with Crippen molar-refractivity contribution >= 4 is 12.2 Å². The number of H-pyrrole nitrogens is 1. The first-order chi connectivity index (χ1) is 8.02. The summed E-state index contributed by atoms with van der Waals surface area (Å²) in [4.78, 5) is 14.1. The lowest BCUT2D eigenvalue weighted by atomic mass is 10.2. The van der Waals surface area contributed by atoms with Gasteiger partial charge in [0, 0.05) is 18.2 Å². The fourth-order valence-corrected chi connectivity index (χ4v) is 1.96. The molecule has 1 aliphatic heterocycles. The summed E-state index contributed by atoms with van der Waals surface area (Å²) in [7, 11) is 0. The number of aliphatic hydroxyl groups excluding tert-OH is 1. The molecule has 2 N–H and O–H groups in total. The van der Waals surface area contributed by atoms with Crippen LogP contribution in [0.25, 0.3) is 0 Å². The van der Waals surface area contributed by atoms with Gasteiger partial charge in [-0.3, -0.25) is 9.55 Å². The third-order valence-electron chi connectivity index (χ3n) is 2.80. The second kappa shape index (κ2) is 4.67. The first-order valence-corrected chi connectivity index (χ1v) is 5.66. The minimum Gasteiger partial charge on any atom is -0.394 e. The lowest BCUT2D eigenvalue weighted by Crippen LogP contribution is -2.28. The van der Waals surface area contributed by atoms with E-state index in [2.05, 4.69) is 4.98 Å². The Kier molecular flexibility index (Phi) is 3.41. The van der Waals surface area contributed by atoms with Crippen molar-refractivity contribution < 1.29 is 14.2 Å². The molecule has 2 heterocycles. The Balaban J connectivity index is 2.34. The zero-order chi connectivity index (χ0) is 12.6. The maximum Gasteiger partial charge on any atom is 0.328 e. The van der Waals surface area contributed by atoms with Gasteiger partial charge in [0.05, 0.1) is 6.61 Å². The number of aryl methyl sites for hydroxylation is 1. The van der Waals surface area contributed by atoms with Crippen LogP contribution < -0.4 is 5.69 Å². The standard InChI is InChI=1S/C10H13FN2O3S/c1-5-3-13(10(15)12-9(5)17)8-2-6(11)7(4-14)16-8/h3,6-8,14H,2,4H2,1H3,(H,12,15,17)/t6?,7?,8-/m1/s1. The van der Waals surface area contributed by atoms with Gasteiger partial charge in [-0.2, -0.15) is 0 Å². The Bertz CT molecular complexity index is 527. The predicted octanol–water partition coefficient (Wildman–Crippen LogP) is 0.832. The van der Waals surface area contributed by atoms with E-state index < -0.39 is 30.8 Å². The average molecular weight is 260 g/mol. The van der Waals surface area contributed by atoms with E-state index in [4.69, 9.17) is 22.1 Å². The average Bonchev–Trinajstić information content (AvgIpc) is 2.65. The lowest BCUT2D eigenvalue weighted by Gasteiger charge is -2.14. The van der Waals surface area contributed by atoms with Crippen molar-refractivity contribution in [1.82, 2.24) is 9.55 Å². The van der Waals surface area contributed by atoms with E-state index in [0.29, 0.717) is 10.2 Å².